The van der Waals surface area contributed by atoms with Gasteiger partial charge in [-0.1, -0.05) is 13.8 Å². The number of rotatable bonds is 1. The van der Waals surface area contributed by atoms with E-state index in [1.807, 2.05) is 13.8 Å². The standard InChI is InChI=1S/C10H16O2/c1-3-10(2)7-8(11)5-4-6-9(10)12/h3-7H2,1-2H3. The van der Waals surface area contributed by atoms with Gasteiger partial charge in [0.25, 0.3) is 0 Å². The van der Waals surface area contributed by atoms with E-state index >= 15 is 0 Å². The fourth-order valence-electron chi connectivity index (χ4n) is 1.69. The Morgan fingerprint density at radius 2 is 2.00 bits per heavy atom. The van der Waals surface area contributed by atoms with Gasteiger partial charge in [-0.05, 0) is 12.8 Å². The van der Waals surface area contributed by atoms with Gasteiger partial charge in [0.2, 0.25) is 0 Å². The molecule has 0 bridgehead atoms. The quantitative estimate of drug-likeness (QED) is 0.562. The van der Waals surface area contributed by atoms with Crippen LogP contribution in [0.5, 0.6) is 0 Å². The van der Waals surface area contributed by atoms with Crippen molar-refractivity contribution in [3.63, 3.8) is 0 Å². The third-order valence-electron chi connectivity index (χ3n) is 2.90. The van der Waals surface area contributed by atoms with Gasteiger partial charge in [-0.3, -0.25) is 9.59 Å². The summed E-state index contributed by atoms with van der Waals surface area (Å²) in [5.74, 6) is 0.529. The number of hydrogen-bond acceptors (Lipinski definition) is 2. The van der Waals surface area contributed by atoms with Crippen LogP contribution < -0.4 is 0 Å². The van der Waals surface area contributed by atoms with Crippen LogP contribution in [-0.4, -0.2) is 11.6 Å². The highest BCUT2D eigenvalue weighted by Gasteiger charge is 2.34. The van der Waals surface area contributed by atoms with E-state index in [-0.39, 0.29) is 17.0 Å². The summed E-state index contributed by atoms with van der Waals surface area (Å²) < 4.78 is 0. The predicted molar refractivity (Wildman–Crippen MR) is 46.9 cm³/mol. The Bertz CT molecular complexity index is 208. The Morgan fingerprint density at radius 1 is 1.33 bits per heavy atom. The van der Waals surface area contributed by atoms with E-state index in [0.29, 0.717) is 19.3 Å². The van der Waals surface area contributed by atoms with Gasteiger partial charge < -0.3 is 0 Å². The van der Waals surface area contributed by atoms with Crippen molar-refractivity contribution >= 4 is 11.6 Å². The molecule has 1 aliphatic rings. The van der Waals surface area contributed by atoms with Crippen LogP contribution in [0.15, 0.2) is 0 Å². The topological polar surface area (TPSA) is 34.1 Å². The molecule has 0 aromatic heterocycles. The molecule has 0 heterocycles. The van der Waals surface area contributed by atoms with Crippen molar-refractivity contribution in [1.29, 1.82) is 0 Å². The molecule has 1 aliphatic carbocycles. The van der Waals surface area contributed by atoms with Crippen molar-refractivity contribution in [2.45, 2.75) is 46.0 Å². The highest BCUT2D eigenvalue weighted by molar-refractivity contribution is 5.92. The number of Topliss-reactive ketones (excluding diaryl/α,β-unsaturated/α-hetero) is 2. The van der Waals surface area contributed by atoms with Gasteiger partial charge in [0, 0.05) is 24.7 Å². The lowest BCUT2D eigenvalue weighted by Gasteiger charge is -2.23. The second kappa shape index (κ2) is 3.38. The van der Waals surface area contributed by atoms with Gasteiger partial charge >= 0.3 is 0 Å². The van der Waals surface area contributed by atoms with Gasteiger partial charge in [-0.15, -0.1) is 0 Å². The van der Waals surface area contributed by atoms with Crippen molar-refractivity contribution in [2.24, 2.45) is 5.41 Å². The Labute approximate surface area is 73.3 Å². The highest BCUT2D eigenvalue weighted by Crippen LogP contribution is 2.32. The smallest absolute Gasteiger partial charge is 0.139 e. The van der Waals surface area contributed by atoms with Crippen LogP contribution >= 0.6 is 0 Å². The fraction of sp³-hybridized carbons (Fsp3) is 0.800. The van der Waals surface area contributed by atoms with E-state index in [4.69, 9.17) is 0 Å². The molecule has 0 N–H and O–H groups in total. The van der Waals surface area contributed by atoms with Crippen LogP contribution in [0.25, 0.3) is 0 Å². The van der Waals surface area contributed by atoms with Crippen LogP contribution in [-0.2, 0) is 9.59 Å². The minimum atomic E-state index is -0.354. The molecule has 0 radical (unpaired) electrons. The zero-order chi connectivity index (χ0) is 9.19. The second-order valence-corrected chi connectivity index (χ2v) is 3.91. The van der Waals surface area contributed by atoms with Gasteiger partial charge in [-0.2, -0.15) is 0 Å². The third-order valence-corrected chi connectivity index (χ3v) is 2.90. The summed E-state index contributed by atoms with van der Waals surface area (Å²) in [5.41, 5.74) is -0.354. The zero-order valence-electron chi connectivity index (χ0n) is 7.85. The lowest BCUT2D eigenvalue weighted by Crippen LogP contribution is -2.27. The van der Waals surface area contributed by atoms with Crippen molar-refractivity contribution in [2.75, 3.05) is 0 Å². The van der Waals surface area contributed by atoms with E-state index in [0.717, 1.165) is 12.8 Å². The van der Waals surface area contributed by atoms with E-state index < -0.39 is 0 Å². The van der Waals surface area contributed by atoms with Gasteiger partial charge in [0.05, 0.1) is 0 Å². The average molecular weight is 168 g/mol. The van der Waals surface area contributed by atoms with Gasteiger partial charge in [-0.25, -0.2) is 0 Å². The summed E-state index contributed by atoms with van der Waals surface area (Å²) in [4.78, 5) is 22.8. The molecular formula is C10H16O2. The van der Waals surface area contributed by atoms with Crippen molar-refractivity contribution < 1.29 is 9.59 Å². The van der Waals surface area contributed by atoms with Crippen LogP contribution in [0, 0.1) is 5.41 Å². The maximum Gasteiger partial charge on any atom is 0.139 e. The lowest BCUT2D eigenvalue weighted by atomic mass is 9.79. The molecule has 0 aromatic carbocycles. The molecular weight excluding hydrogens is 152 g/mol. The number of carbonyl (C=O) groups is 2. The Kier molecular flexibility index (Phi) is 2.65. The zero-order valence-corrected chi connectivity index (χ0v) is 7.85. The van der Waals surface area contributed by atoms with E-state index in [1.165, 1.54) is 0 Å². The normalized spacial score (nSPS) is 31.8. The molecule has 1 rings (SSSR count). The Hall–Kier alpha value is -0.660. The van der Waals surface area contributed by atoms with Crippen molar-refractivity contribution in [3.05, 3.63) is 0 Å². The molecule has 1 saturated carbocycles. The third kappa shape index (κ3) is 1.74. The predicted octanol–water partition coefficient (Wildman–Crippen LogP) is 2.11. The van der Waals surface area contributed by atoms with Gasteiger partial charge in [0.15, 0.2) is 0 Å². The van der Waals surface area contributed by atoms with E-state index in [2.05, 4.69) is 0 Å². The number of carbonyl (C=O) groups excluding carboxylic acids is 2. The molecule has 0 spiro atoms. The molecule has 12 heavy (non-hydrogen) atoms. The molecule has 2 nitrogen and oxygen atoms in total. The summed E-state index contributed by atoms with van der Waals surface area (Å²) >= 11 is 0. The first-order chi connectivity index (χ1) is 5.58. The Morgan fingerprint density at radius 3 is 2.58 bits per heavy atom. The maximum atomic E-state index is 11.6. The minimum Gasteiger partial charge on any atom is -0.300 e. The minimum absolute atomic E-state index is 0.255. The van der Waals surface area contributed by atoms with Crippen LogP contribution in [0.1, 0.15) is 46.0 Å². The summed E-state index contributed by atoms with van der Waals surface area (Å²) in [5, 5.41) is 0. The van der Waals surface area contributed by atoms with E-state index in [9.17, 15) is 9.59 Å². The first-order valence-electron chi connectivity index (χ1n) is 4.63. The molecule has 0 amide bonds. The first kappa shape index (κ1) is 9.43. The summed E-state index contributed by atoms with van der Waals surface area (Å²) in [6.45, 7) is 3.90. The largest absolute Gasteiger partial charge is 0.300 e. The summed E-state index contributed by atoms with van der Waals surface area (Å²) in [6.07, 6.45) is 3.20. The molecule has 1 fully saturated rings. The summed E-state index contributed by atoms with van der Waals surface area (Å²) in [6, 6.07) is 0. The van der Waals surface area contributed by atoms with Crippen LogP contribution in [0.2, 0.25) is 0 Å². The monoisotopic (exact) mass is 168 g/mol. The van der Waals surface area contributed by atoms with Crippen molar-refractivity contribution in [1.82, 2.24) is 0 Å². The van der Waals surface area contributed by atoms with Crippen LogP contribution in [0.3, 0.4) is 0 Å². The fourth-order valence-corrected chi connectivity index (χ4v) is 1.69. The molecule has 2 heteroatoms. The second-order valence-electron chi connectivity index (χ2n) is 3.91. The summed E-state index contributed by atoms with van der Waals surface area (Å²) in [7, 11) is 0. The van der Waals surface area contributed by atoms with Crippen LogP contribution in [0.4, 0.5) is 0 Å². The van der Waals surface area contributed by atoms with E-state index in [1.54, 1.807) is 0 Å². The average Bonchev–Trinajstić information content (AvgIpc) is 2.14. The first-order valence-corrected chi connectivity index (χ1v) is 4.63. The van der Waals surface area contributed by atoms with Crippen molar-refractivity contribution in [3.8, 4) is 0 Å². The number of hydrogen-bond donors (Lipinski definition) is 0. The molecule has 1 unspecified atom stereocenters. The number of ketones is 2. The maximum absolute atomic E-state index is 11.6. The van der Waals surface area contributed by atoms with Gasteiger partial charge in [0.1, 0.15) is 11.6 Å². The highest BCUT2D eigenvalue weighted by atomic mass is 16.1. The molecule has 68 valence electrons. The SMILES string of the molecule is CCC1(C)CC(=O)CCCC1=O. The molecule has 1 atom stereocenters. The lowest BCUT2D eigenvalue weighted by molar-refractivity contribution is -0.131. The molecule has 0 aliphatic heterocycles. The molecule has 0 saturated heterocycles. The Balaban J connectivity index is 2.80. The molecule has 0 aromatic rings.